The van der Waals surface area contributed by atoms with E-state index in [-0.39, 0.29) is 41.1 Å². The number of nitrogen functional groups attached to an aromatic ring is 1. The van der Waals surface area contributed by atoms with Crippen LogP contribution < -0.4 is 39.5 Å². The van der Waals surface area contributed by atoms with E-state index in [1.54, 1.807) is 24.3 Å². The smallest absolute Gasteiger partial charge is 0.716 e. The molecule has 8 heteroatoms. The predicted octanol–water partition coefficient (Wildman–Crippen LogP) is -1.66. The molecule has 0 atom stereocenters. The number of hydrogen-bond donors (Lipinski definition) is 1. The van der Waals surface area contributed by atoms with Crippen LogP contribution in [0.4, 0.5) is 5.69 Å². The number of benzene rings is 2. The van der Waals surface area contributed by atoms with Crippen LogP contribution in [-0.4, -0.2) is 18.8 Å². The number of carbonyl (C=O) groups excluding carboxylic acids is 1. The van der Waals surface area contributed by atoms with Crippen molar-refractivity contribution in [3.05, 3.63) is 59.7 Å². The third-order valence-corrected chi connectivity index (χ3v) is 2.88. The summed E-state index contributed by atoms with van der Waals surface area (Å²) in [5.41, 5.74) is 6.86. The Bertz CT molecular complexity index is 726. The molecule has 21 heavy (non-hydrogen) atoms. The number of rotatable bonds is 4. The number of anilines is 1. The monoisotopic (exact) mass is 315 g/mol. The molecule has 0 heterocycles. The standard InChI is InChI=1S/C13H11NO5S.Na/c14-11-5-1-9(2-6-11)13(15)10-3-7-12(8-4-10)19-20(16,17)18;/h1-8H,14H2,(H,16,17,18);/q;+1/p-1. The van der Waals surface area contributed by atoms with Crippen molar-refractivity contribution in [3.63, 3.8) is 0 Å². The first-order valence-corrected chi connectivity index (χ1v) is 6.84. The number of carbonyl (C=O) groups is 1. The van der Waals surface area contributed by atoms with E-state index in [2.05, 4.69) is 4.18 Å². The molecule has 0 saturated heterocycles. The normalized spacial score (nSPS) is 10.5. The van der Waals surface area contributed by atoms with Gasteiger partial charge in [0.1, 0.15) is 5.75 Å². The van der Waals surface area contributed by atoms with Gasteiger partial charge < -0.3 is 14.5 Å². The molecule has 0 aromatic heterocycles. The van der Waals surface area contributed by atoms with Crippen LogP contribution in [0.25, 0.3) is 0 Å². The maximum atomic E-state index is 12.1. The minimum Gasteiger partial charge on any atom is -0.716 e. The fourth-order valence-electron chi connectivity index (χ4n) is 1.58. The molecular weight excluding hydrogens is 305 g/mol. The van der Waals surface area contributed by atoms with Crippen molar-refractivity contribution < 1.29 is 51.5 Å². The van der Waals surface area contributed by atoms with Crippen molar-refractivity contribution in [2.75, 3.05) is 5.73 Å². The average Bonchev–Trinajstić information content (AvgIpc) is 2.38. The van der Waals surface area contributed by atoms with Gasteiger partial charge in [-0.05, 0) is 48.5 Å². The first kappa shape index (κ1) is 17.7. The van der Waals surface area contributed by atoms with Crippen molar-refractivity contribution in [2.24, 2.45) is 0 Å². The van der Waals surface area contributed by atoms with Gasteiger partial charge in [0.2, 0.25) is 0 Å². The quantitative estimate of drug-likeness (QED) is 0.238. The largest absolute Gasteiger partial charge is 1.00 e. The van der Waals surface area contributed by atoms with Gasteiger partial charge in [0.25, 0.3) is 10.4 Å². The van der Waals surface area contributed by atoms with E-state index in [0.717, 1.165) is 0 Å². The Kier molecular flexibility index (Phi) is 5.94. The van der Waals surface area contributed by atoms with Crippen LogP contribution in [0.1, 0.15) is 15.9 Å². The molecule has 2 rings (SSSR count). The van der Waals surface area contributed by atoms with E-state index in [1.165, 1.54) is 24.3 Å². The second kappa shape index (κ2) is 7.06. The van der Waals surface area contributed by atoms with Gasteiger partial charge in [-0.3, -0.25) is 4.79 Å². The van der Waals surface area contributed by atoms with Crippen molar-refractivity contribution >= 4 is 21.9 Å². The first-order chi connectivity index (χ1) is 9.35. The molecule has 0 radical (unpaired) electrons. The molecule has 104 valence electrons. The molecule has 0 unspecified atom stereocenters. The number of hydrogen-bond acceptors (Lipinski definition) is 6. The second-order valence-electron chi connectivity index (χ2n) is 3.97. The average molecular weight is 315 g/mol. The number of ketones is 1. The Labute approximate surface area is 144 Å². The van der Waals surface area contributed by atoms with E-state index < -0.39 is 10.4 Å². The van der Waals surface area contributed by atoms with Crippen LogP contribution in [-0.2, 0) is 10.4 Å². The van der Waals surface area contributed by atoms with Crippen LogP contribution >= 0.6 is 0 Å². The van der Waals surface area contributed by atoms with Crippen LogP contribution in [0.5, 0.6) is 5.75 Å². The molecule has 6 nitrogen and oxygen atoms in total. The van der Waals surface area contributed by atoms with Gasteiger partial charge >= 0.3 is 29.6 Å². The van der Waals surface area contributed by atoms with Crippen molar-refractivity contribution in [3.8, 4) is 5.75 Å². The Morgan fingerprint density at radius 2 is 1.38 bits per heavy atom. The first-order valence-electron chi connectivity index (χ1n) is 5.51. The zero-order valence-corrected chi connectivity index (χ0v) is 14.0. The maximum Gasteiger partial charge on any atom is 1.00 e. The third-order valence-electron chi connectivity index (χ3n) is 2.49. The van der Waals surface area contributed by atoms with Crippen LogP contribution in [0, 0.1) is 0 Å². The Morgan fingerprint density at radius 1 is 0.952 bits per heavy atom. The predicted molar refractivity (Wildman–Crippen MR) is 71.1 cm³/mol. The summed E-state index contributed by atoms with van der Waals surface area (Å²) >= 11 is 0. The summed E-state index contributed by atoms with van der Waals surface area (Å²) in [7, 11) is -4.82. The summed E-state index contributed by atoms with van der Waals surface area (Å²) in [5.74, 6) is -0.393. The van der Waals surface area contributed by atoms with Crippen molar-refractivity contribution in [2.45, 2.75) is 0 Å². The van der Waals surface area contributed by atoms with Gasteiger partial charge in [-0.2, -0.15) is 0 Å². The fraction of sp³-hybridized carbons (Fsp3) is 0. The topological polar surface area (TPSA) is 110 Å². The van der Waals surface area contributed by atoms with Gasteiger partial charge in [-0.25, -0.2) is 8.42 Å². The zero-order chi connectivity index (χ0) is 14.8. The van der Waals surface area contributed by atoms with Crippen LogP contribution in [0.15, 0.2) is 48.5 Å². The van der Waals surface area contributed by atoms with E-state index >= 15 is 0 Å². The Morgan fingerprint density at radius 3 is 1.81 bits per heavy atom. The van der Waals surface area contributed by atoms with Crippen molar-refractivity contribution in [1.82, 2.24) is 0 Å². The second-order valence-corrected chi connectivity index (χ2v) is 4.95. The minimum atomic E-state index is -4.82. The van der Waals surface area contributed by atoms with Gasteiger partial charge in [-0.15, -0.1) is 0 Å². The molecule has 0 fully saturated rings. The molecule has 0 aliphatic carbocycles. The SMILES string of the molecule is Nc1ccc(C(=O)c2ccc(OS(=O)(=O)[O-])cc2)cc1.[Na+]. The third kappa shape index (κ3) is 5.14. The summed E-state index contributed by atoms with van der Waals surface area (Å²) in [6, 6.07) is 11.6. The summed E-state index contributed by atoms with van der Waals surface area (Å²) < 4.78 is 35.4. The molecule has 0 saturated carbocycles. The molecule has 0 aliphatic heterocycles. The maximum absolute atomic E-state index is 12.1. The van der Waals surface area contributed by atoms with E-state index in [1.807, 2.05) is 0 Å². The van der Waals surface area contributed by atoms with E-state index in [4.69, 9.17) is 5.73 Å². The molecule has 0 aliphatic rings. The Hall–Kier alpha value is -1.38. The van der Waals surface area contributed by atoms with Crippen molar-refractivity contribution in [1.29, 1.82) is 0 Å². The molecule has 2 aromatic carbocycles. The fourth-order valence-corrected chi connectivity index (χ4v) is 1.93. The van der Waals surface area contributed by atoms with E-state index in [9.17, 15) is 17.8 Å². The molecular formula is C13H10NNaO5S. The zero-order valence-electron chi connectivity index (χ0n) is 11.1. The van der Waals surface area contributed by atoms with Crippen LogP contribution in [0.2, 0.25) is 0 Å². The summed E-state index contributed by atoms with van der Waals surface area (Å²) in [6.45, 7) is 0. The molecule has 2 N–H and O–H groups in total. The molecule has 0 spiro atoms. The Balaban J connectivity index is 0.00000220. The molecule has 2 aromatic rings. The summed E-state index contributed by atoms with van der Waals surface area (Å²) in [4.78, 5) is 12.1. The molecule has 0 bridgehead atoms. The number of nitrogens with two attached hydrogens (primary N) is 1. The van der Waals surface area contributed by atoms with Crippen LogP contribution in [0.3, 0.4) is 0 Å². The summed E-state index contributed by atoms with van der Waals surface area (Å²) in [5, 5.41) is 0. The minimum absolute atomic E-state index is 0. The van der Waals surface area contributed by atoms with Gasteiger partial charge in [0.05, 0.1) is 0 Å². The van der Waals surface area contributed by atoms with Gasteiger partial charge in [-0.1, -0.05) is 0 Å². The van der Waals surface area contributed by atoms with Gasteiger partial charge in [0, 0.05) is 16.8 Å². The molecule has 0 amide bonds. The van der Waals surface area contributed by atoms with Gasteiger partial charge in [0.15, 0.2) is 5.78 Å². The summed E-state index contributed by atoms with van der Waals surface area (Å²) in [6.07, 6.45) is 0. The van der Waals surface area contributed by atoms with E-state index in [0.29, 0.717) is 16.8 Å².